The van der Waals surface area contributed by atoms with Gasteiger partial charge in [-0.3, -0.25) is 9.36 Å². The van der Waals surface area contributed by atoms with Gasteiger partial charge in [0, 0.05) is 57.5 Å². The van der Waals surface area contributed by atoms with E-state index in [-0.39, 0.29) is 17.8 Å². The average Bonchev–Trinajstić information content (AvgIpc) is 3.58. The molecule has 4 aromatic rings. The van der Waals surface area contributed by atoms with Crippen molar-refractivity contribution in [2.45, 2.75) is 38.7 Å². The highest BCUT2D eigenvalue weighted by Gasteiger charge is 2.27. The number of imidazole rings is 1. The van der Waals surface area contributed by atoms with Crippen LogP contribution in [-0.2, 0) is 9.53 Å². The van der Waals surface area contributed by atoms with Gasteiger partial charge in [-0.25, -0.2) is 18.7 Å². The average molecular weight is 547 g/mol. The molecule has 8 nitrogen and oxygen atoms in total. The number of hydrogen-bond donors (Lipinski definition) is 1. The normalized spacial score (nSPS) is 17.4. The number of nitrogens with one attached hydrogen (secondary N) is 1. The molecule has 0 radical (unpaired) electrons. The van der Waals surface area contributed by atoms with Crippen LogP contribution in [0.2, 0.25) is 0 Å². The van der Waals surface area contributed by atoms with Gasteiger partial charge < -0.3 is 19.9 Å². The molecule has 0 saturated carbocycles. The Hall–Kier alpha value is -4.21. The first-order valence-corrected chi connectivity index (χ1v) is 13.7. The number of anilines is 3. The molecule has 0 amide bonds. The fourth-order valence-corrected chi connectivity index (χ4v) is 5.80. The molecule has 0 aliphatic carbocycles. The summed E-state index contributed by atoms with van der Waals surface area (Å²) < 4.78 is 37.9. The standard InChI is InChI=1S/C30H32F2N6O2/c1-19(39)40-22-11-15-37(18-22)21-7-9-26(24(32)17-21)38-29(20-6-8-25(33-2)23(31)16-20)35-28-27(10-12-34-30(28)38)36-13-4-3-5-14-36/h6-10,12,16-17,22,33H,3-5,11,13-15,18H2,1-2H3. The Morgan fingerprint density at radius 2 is 1.80 bits per heavy atom. The molecule has 2 aromatic heterocycles. The number of ether oxygens (including phenoxy) is 1. The first-order valence-electron chi connectivity index (χ1n) is 13.7. The van der Waals surface area contributed by atoms with E-state index in [2.05, 4.69) is 15.2 Å². The van der Waals surface area contributed by atoms with E-state index >= 15 is 4.39 Å². The highest BCUT2D eigenvalue weighted by atomic mass is 19.1. The number of fused-ring (bicyclic) bond motifs is 1. The fourth-order valence-electron chi connectivity index (χ4n) is 5.80. The zero-order chi connectivity index (χ0) is 27.8. The van der Waals surface area contributed by atoms with Crippen LogP contribution in [0.1, 0.15) is 32.6 Å². The lowest BCUT2D eigenvalue weighted by Crippen LogP contribution is -2.29. The van der Waals surface area contributed by atoms with Crippen LogP contribution in [0.4, 0.5) is 25.8 Å². The molecule has 2 saturated heterocycles. The second-order valence-corrected chi connectivity index (χ2v) is 10.4. The first-order chi connectivity index (χ1) is 19.4. The minimum Gasteiger partial charge on any atom is -0.461 e. The Morgan fingerprint density at radius 3 is 2.52 bits per heavy atom. The molecule has 2 aliphatic heterocycles. The third kappa shape index (κ3) is 4.82. The van der Waals surface area contributed by atoms with Crippen LogP contribution in [0.15, 0.2) is 48.7 Å². The van der Waals surface area contributed by atoms with Crippen molar-refractivity contribution in [3.63, 3.8) is 0 Å². The molecule has 40 heavy (non-hydrogen) atoms. The predicted octanol–water partition coefficient (Wildman–Crippen LogP) is 5.54. The minimum atomic E-state index is -0.452. The van der Waals surface area contributed by atoms with Crippen molar-refractivity contribution >= 4 is 34.2 Å². The van der Waals surface area contributed by atoms with Gasteiger partial charge in [0.1, 0.15) is 29.1 Å². The van der Waals surface area contributed by atoms with Gasteiger partial charge in [0.15, 0.2) is 5.65 Å². The summed E-state index contributed by atoms with van der Waals surface area (Å²) in [6.45, 7) is 4.40. The van der Waals surface area contributed by atoms with Gasteiger partial charge in [0.2, 0.25) is 0 Å². The van der Waals surface area contributed by atoms with Gasteiger partial charge in [0.25, 0.3) is 0 Å². The number of halogens is 2. The van der Waals surface area contributed by atoms with Crippen LogP contribution in [0.3, 0.4) is 0 Å². The SMILES string of the molecule is CNc1ccc(-c2nc3c(N4CCCCC4)ccnc3n2-c2ccc(N3CCC(OC(C)=O)C3)cc2F)cc1F. The molecule has 208 valence electrons. The van der Waals surface area contributed by atoms with E-state index in [9.17, 15) is 9.18 Å². The van der Waals surface area contributed by atoms with Gasteiger partial charge in [-0.1, -0.05) is 0 Å². The number of aromatic nitrogens is 3. The summed E-state index contributed by atoms with van der Waals surface area (Å²) in [6.07, 6.45) is 5.59. The zero-order valence-electron chi connectivity index (χ0n) is 22.7. The van der Waals surface area contributed by atoms with Crippen LogP contribution in [-0.4, -0.2) is 59.8 Å². The molecular weight excluding hydrogens is 514 g/mol. The van der Waals surface area contributed by atoms with Gasteiger partial charge in [-0.15, -0.1) is 0 Å². The van der Waals surface area contributed by atoms with Gasteiger partial charge in [-0.05, 0) is 61.7 Å². The Balaban J connectivity index is 1.46. The van der Waals surface area contributed by atoms with Crippen molar-refractivity contribution in [1.29, 1.82) is 0 Å². The third-order valence-electron chi connectivity index (χ3n) is 7.73. The third-order valence-corrected chi connectivity index (χ3v) is 7.73. The number of carbonyl (C=O) groups excluding carboxylic acids is 1. The summed E-state index contributed by atoms with van der Waals surface area (Å²) in [5.41, 5.74) is 3.98. The van der Waals surface area contributed by atoms with E-state index in [0.29, 0.717) is 53.4 Å². The molecular formula is C30H32F2N6O2. The first kappa shape index (κ1) is 26.0. The quantitative estimate of drug-likeness (QED) is 0.318. The molecule has 2 aromatic carbocycles. The van der Waals surface area contributed by atoms with Crippen LogP contribution in [0.25, 0.3) is 28.2 Å². The van der Waals surface area contributed by atoms with Crippen molar-refractivity contribution in [3.05, 3.63) is 60.3 Å². The zero-order valence-corrected chi connectivity index (χ0v) is 22.7. The molecule has 2 aliphatic rings. The van der Waals surface area contributed by atoms with Gasteiger partial charge in [-0.2, -0.15) is 0 Å². The van der Waals surface area contributed by atoms with Gasteiger partial charge >= 0.3 is 5.97 Å². The summed E-state index contributed by atoms with van der Waals surface area (Å²) in [4.78, 5) is 25.3. The molecule has 0 bridgehead atoms. The van der Waals surface area contributed by atoms with Crippen molar-refractivity contribution < 1.29 is 18.3 Å². The van der Waals surface area contributed by atoms with Crippen molar-refractivity contribution in [3.8, 4) is 17.1 Å². The number of hydrogen-bond acceptors (Lipinski definition) is 7. The highest BCUT2D eigenvalue weighted by Crippen LogP contribution is 2.36. The number of benzene rings is 2. The number of esters is 1. The summed E-state index contributed by atoms with van der Waals surface area (Å²) in [5.74, 6) is -0.777. The smallest absolute Gasteiger partial charge is 0.302 e. The Bertz CT molecular complexity index is 1570. The van der Waals surface area contributed by atoms with Crippen molar-refractivity contribution in [2.75, 3.05) is 48.3 Å². The second-order valence-electron chi connectivity index (χ2n) is 10.4. The molecule has 1 unspecified atom stereocenters. The molecule has 10 heteroatoms. The van der Waals surface area contributed by atoms with Crippen LogP contribution in [0, 0.1) is 11.6 Å². The maximum absolute atomic E-state index is 16.0. The summed E-state index contributed by atoms with van der Waals surface area (Å²) >= 11 is 0. The van der Waals surface area contributed by atoms with Crippen LogP contribution in [0.5, 0.6) is 0 Å². The lowest BCUT2D eigenvalue weighted by Gasteiger charge is -2.28. The lowest BCUT2D eigenvalue weighted by molar-refractivity contribution is -0.145. The molecule has 1 atom stereocenters. The van der Waals surface area contributed by atoms with E-state index in [1.54, 1.807) is 36.0 Å². The number of rotatable bonds is 6. The highest BCUT2D eigenvalue weighted by molar-refractivity contribution is 5.91. The molecule has 2 fully saturated rings. The van der Waals surface area contributed by atoms with Crippen molar-refractivity contribution in [2.24, 2.45) is 0 Å². The molecule has 4 heterocycles. The summed E-state index contributed by atoms with van der Waals surface area (Å²) in [5, 5.41) is 2.84. The van der Waals surface area contributed by atoms with Crippen LogP contribution < -0.4 is 15.1 Å². The topological polar surface area (TPSA) is 75.5 Å². The molecule has 6 rings (SSSR count). The number of piperidine rings is 1. The summed E-state index contributed by atoms with van der Waals surface area (Å²) in [6, 6.07) is 11.8. The Kier molecular flexibility index (Phi) is 7.00. The van der Waals surface area contributed by atoms with E-state index in [0.717, 1.165) is 31.6 Å². The van der Waals surface area contributed by atoms with Gasteiger partial charge in [0.05, 0.1) is 23.6 Å². The number of pyridine rings is 1. The maximum Gasteiger partial charge on any atom is 0.302 e. The molecule has 1 N–H and O–H groups in total. The van der Waals surface area contributed by atoms with E-state index in [1.807, 2.05) is 17.0 Å². The number of carbonyl (C=O) groups is 1. The predicted molar refractivity (Wildman–Crippen MR) is 152 cm³/mol. The fraction of sp³-hybridized carbons (Fsp3) is 0.367. The van der Waals surface area contributed by atoms with Crippen molar-refractivity contribution in [1.82, 2.24) is 14.5 Å². The number of nitrogens with zero attached hydrogens (tertiary/aromatic N) is 5. The Morgan fingerprint density at radius 1 is 0.975 bits per heavy atom. The summed E-state index contributed by atoms with van der Waals surface area (Å²) in [7, 11) is 1.66. The lowest BCUT2D eigenvalue weighted by atomic mass is 10.1. The van der Waals surface area contributed by atoms with E-state index in [1.165, 1.54) is 25.5 Å². The monoisotopic (exact) mass is 546 g/mol. The van der Waals surface area contributed by atoms with Crippen LogP contribution >= 0.6 is 0 Å². The minimum absolute atomic E-state index is 0.211. The largest absolute Gasteiger partial charge is 0.461 e. The maximum atomic E-state index is 16.0. The Labute approximate surface area is 231 Å². The second kappa shape index (κ2) is 10.7. The molecule has 0 spiro atoms. The van der Waals surface area contributed by atoms with E-state index < -0.39 is 11.6 Å². The van der Waals surface area contributed by atoms with E-state index in [4.69, 9.17) is 9.72 Å².